The summed E-state index contributed by atoms with van der Waals surface area (Å²) in [6, 6.07) is 9.53. The zero-order valence-electron chi connectivity index (χ0n) is 12.6. The predicted molar refractivity (Wildman–Crippen MR) is 92.9 cm³/mol. The maximum absolute atomic E-state index is 4.72. The monoisotopic (exact) mass is 347 g/mol. The van der Waals surface area contributed by atoms with Crippen LogP contribution in [0.5, 0.6) is 0 Å². The summed E-state index contributed by atoms with van der Waals surface area (Å²) in [6.07, 6.45) is 4.22. The van der Waals surface area contributed by atoms with Gasteiger partial charge in [-0.25, -0.2) is 4.98 Å². The number of hydrogen-bond acceptors (Lipinski definition) is 3. The molecule has 2 atom stereocenters. The Bertz CT molecular complexity index is 628. The fourth-order valence-corrected chi connectivity index (χ4v) is 3.64. The Labute approximate surface area is 134 Å². The number of piperazine rings is 1. The fourth-order valence-electron chi connectivity index (χ4n) is 3.14. The molecule has 1 N–H and O–H groups in total. The summed E-state index contributed by atoms with van der Waals surface area (Å²) in [4.78, 5) is 7.22. The Morgan fingerprint density at radius 3 is 2.86 bits per heavy atom. The van der Waals surface area contributed by atoms with Gasteiger partial charge in [0.25, 0.3) is 0 Å². The number of hydrogen-bond donors (Lipinski definition) is 1. The zero-order chi connectivity index (χ0) is 14.8. The van der Waals surface area contributed by atoms with E-state index in [0.717, 1.165) is 36.2 Å². The highest BCUT2D eigenvalue weighted by Crippen LogP contribution is 2.31. The van der Waals surface area contributed by atoms with Gasteiger partial charge in [-0.3, -0.25) is 0 Å². The molecule has 0 aliphatic carbocycles. The fraction of sp³-hybridized carbons (Fsp3) is 0.471. The highest BCUT2D eigenvalue weighted by Gasteiger charge is 2.27. The molecule has 0 radical (unpaired) electrons. The molecule has 3 rings (SSSR count). The van der Waals surface area contributed by atoms with Crippen LogP contribution in [0.4, 0.5) is 5.82 Å². The third kappa shape index (κ3) is 2.79. The molecule has 0 saturated carbocycles. The molecule has 1 fully saturated rings. The number of fused-ring (bicyclic) bond motifs is 1. The van der Waals surface area contributed by atoms with E-state index >= 15 is 0 Å². The summed E-state index contributed by atoms with van der Waals surface area (Å²) >= 11 is 3.65. The average Bonchev–Trinajstić information content (AvgIpc) is 2.54. The Morgan fingerprint density at radius 2 is 2.10 bits per heavy atom. The molecule has 1 saturated heterocycles. The number of aromatic nitrogens is 1. The van der Waals surface area contributed by atoms with Crippen LogP contribution in [0.2, 0.25) is 0 Å². The number of halogens is 1. The molecule has 112 valence electrons. The predicted octanol–water partition coefficient (Wildman–Crippen LogP) is 3.96. The second kappa shape index (κ2) is 6.32. The summed E-state index contributed by atoms with van der Waals surface area (Å²) in [5, 5.41) is 6.13. The van der Waals surface area contributed by atoms with Crippen molar-refractivity contribution in [1.29, 1.82) is 0 Å². The Morgan fingerprint density at radius 1 is 1.24 bits per heavy atom. The summed E-state index contributed by atoms with van der Waals surface area (Å²) in [7, 11) is 0. The lowest BCUT2D eigenvalue weighted by Crippen LogP contribution is -2.56. The van der Waals surface area contributed by atoms with Crippen LogP contribution in [-0.4, -0.2) is 30.2 Å². The smallest absolute Gasteiger partial charge is 0.136 e. The van der Waals surface area contributed by atoms with E-state index in [1.165, 1.54) is 10.8 Å². The van der Waals surface area contributed by atoms with Crippen molar-refractivity contribution in [2.45, 2.75) is 38.8 Å². The van der Waals surface area contributed by atoms with Crippen molar-refractivity contribution in [3.8, 4) is 0 Å². The molecule has 4 heteroatoms. The molecular weight excluding hydrogens is 326 g/mol. The van der Waals surface area contributed by atoms with Gasteiger partial charge >= 0.3 is 0 Å². The molecule has 3 nitrogen and oxygen atoms in total. The first-order valence-corrected chi connectivity index (χ1v) is 8.57. The minimum Gasteiger partial charge on any atom is -0.350 e. The van der Waals surface area contributed by atoms with Crippen molar-refractivity contribution in [2.24, 2.45) is 0 Å². The summed E-state index contributed by atoms with van der Waals surface area (Å²) in [6.45, 7) is 6.58. The van der Waals surface area contributed by atoms with Crippen LogP contribution >= 0.6 is 15.9 Å². The number of anilines is 1. The highest BCUT2D eigenvalue weighted by molar-refractivity contribution is 9.10. The standard InChI is InChI=1S/C17H22BrN3/c1-3-12-11-21(13(4-2)10-20-12)17-15-6-5-7-16(18)14(15)8-9-19-17/h5-9,12-13,20H,3-4,10-11H2,1-2H3. The first-order valence-electron chi connectivity index (χ1n) is 7.77. The first kappa shape index (κ1) is 14.8. The van der Waals surface area contributed by atoms with E-state index in [-0.39, 0.29) is 0 Å². The molecule has 1 aliphatic rings. The van der Waals surface area contributed by atoms with Crippen molar-refractivity contribution < 1.29 is 0 Å². The van der Waals surface area contributed by atoms with Gasteiger partial charge in [0, 0.05) is 46.6 Å². The first-order chi connectivity index (χ1) is 10.2. The van der Waals surface area contributed by atoms with Crippen LogP contribution in [0.25, 0.3) is 10.8 Å². The van der Waals surface area contributed by atoms with E-state index < -0.39 is 0 Å². The van der Waals surface area contributed by atoms with Crippen LogP contribution in [-0.2, 0) is 0 Å². The van der Waals surface area contributed by atoms with E-state index in [2.05, 4.69) is 64.3 Å². The molecular formula is C17H22BrN3. The summed E-state index contributed by atoms with van der Waals surface area (Å²) in [5.74, 6) is 1.13. The Balaban J connectivity index is 2.07. The van der Waals surface area contributed by atoms with Crippen molar-refractivity contribution >= 4 is 32.5 Å². The Hall–Kier alpha value is -1.13. The van der Waals surface area contributed by atoms with Crippen molar-refractivity contribution in [2.75, 3.05) is 18.0 Å². The second-order valence-electron chi connectivity index (χ2n) is 5.70. The van der Waals surface area contributed by atoms with E-state index in [0.29, 0.717) is 12.1 Å². The number of nitrogens with zero attached hydrogens (tertiary/aromatic N) is 2. The maximum atomic E-state index is 4.72. The molecule has 2 aromatic rings. The number of nitrogens with one attached hydrogen (secondary N) is 1. The minimum atomic E-state index is 0.518. The molecule has 0 bridgehead atoms. The van der Waals surface area contributed by atoms with Gasteiger partial charge in [-0.1, -0.05) is 41.9 Å². The van der Waals surface area contributed by atoms with Crippen molar-refractivity contribution in [3.05, 3.63) is 34.9 Å². The molecule has 2 unspecified atom stereocenters. The van der Waals surface area contributed by atoms with Crippen molar-refractivity contribution in [1.82, 2.24) is 10.3 Å². The quantitative estimate of drug-likeness (QED) is 0.910. The van der Waals surface area contributed by atoms with E-state index in [9.17, 15) is 0 Å². The maximum Gasteiger partial charge on any atom is 0.136 e. The van der Waals surface area contributed by atoms with Gasteiger partial charge in [0.05, 0.1) is 0 Å². The third-order valence-electron chi connectivity index (χ3n) is 4.47. The van der Waals surface area contributed by atoms with Crippen LogP contribution in [0.1, 0.15) is 26.7 Å². The molecule has 1 aromatic heterocycles. The molecule has 1 aromatic carbocycles. The highest BCUT2D eigenvalue weighted by atomic mass is 79.9. The second-order valence-corrected chi connectivity index (χ2v) is 6.55. The van der Waals surface area contributed by atoms with Gasteiger partial charge in [-0.15, -0.1) is 0 Å². The average molecular weight is 348 g/mol. The molecule has 0 spiro atoms. The molecule has 2 heterocycles. The van der Waals surface area contributed by atoms with Gasteiger partial charge < -0.3 is 10.2 Å². The van der Waals surface area contributed by atoms with Gasteiger partial charge in [0.15, 0.2) is 0 Å². The summed E-state index contributed by atoms with van der Waals surface area (Å²) < 4.78 is 1.14. The SMILES string of the molecule is CCC1CN(c2nccc3c(Br)cccc23)C(CC)CN1. The van der Waals surface area contributed by atoms with E-state index in [1.807, 2.05) is 6.20 Å². The topological polar surface area (TPSA) is 28.2 Å². The lowest BCUT2D eigenvalue weighted by Gasteiger charge is -2.41. The Kier molecular flexibility index (Phi) is 4.45. The molecule has 1 aliphatic heterocycles. The van der Waals surface area contributed by atoms with Gasteiger partial charge in [-0.05, 0) is 25.0 Å². The van der Waals surface area contributed by atoms with Crippen LogP contribution < -0.4 is 10.2 Å². The van der Waals surface area contributed by atoms with Crippen LogP contribution in [0, 0.1) is 0 Å². The van der Waals surface area contributed by atoms with Gasteiger partial charge in [-0.2, -0.15) is 0 Å². The van der Waals surface area contributed by atoms with Gasteiger partial charge in [0.1, 0.15) is 5.82 Å². The third-order valence-corrected chi connectivity index (χ3v) is 5.16. The largest absolute Gasteiger partial charge is 0.350 e. The van der Waals surface area contributed by atoms with Gasteiger partial charge in [0.2, 0.25) is 0 Å². The van der Waals surface area contributed by atoms with Crippen LogP contribution in [0.15, 0.2) is 34.9 Å². The van der Waals surface area contributed by atoms with Crippen molar-refractivity contribution in [3.63, 3.8) is 0 Å². The zero-order valence-corrected chi connectivity index (χ0v) is 14.2. The van der Waals surface area contributed by atoms with E-state index in [4.69, 9.17) is 4.98 Å². The van der Waals surface area contributed by atoms with E-state index in [1.54, 1.807) is 0 Å². The number of benzene rings is 1. The lowest BCUT2D eigenvalue weighted by molar-refractivity contribution is 0.377. The number of pyridine rings is 1. The lowest BCUT2D eigenvalue weighted by atomic mass is 10.0. The molecule has 21 heavy (non-hydrogen) atoms. The number of rotatable bonds is 3. The summed E-state index contributed by atoms with van der Waals surface area (Å²) in [5.41, 5.74) is 0. The van der Waals surface area contributed by atoms with Crippen LogP contribution in [0.3, 0.4) is 0 Å². The molecule has 0 amide bonds. The minimum absolute atomic E-state index is 0.518. The normalized spacial score (nSPS) is 22.7.